The van der Waals surface area contributed by atoms with E-state index in [0.717, 1.165) is 12.1 Å². The smallest absolute Gasteiger partial charge is 0.328 e. The number of nitrogens with one attached hydrogen (secondary N) is 1. The summed E-state index contributed by atoms with van der Waals surface area (Å²) in [7, 11) is 0. The first-order valence-electron chi connectivity index (χ1n) is 5.68. The second-order valence-corrected chi connectivity index (χ2v) is 4.11. The quantitative estimate of drug-likeness (QED) is 0.917. The van der Waals surface area contributed by atoms with Gasteiger partial charge in [-0.15, -0.1) is 0 Å². The Balaban J connectivity index is 2.70. The van der Waals surface area contributed by atoms with Crippen LogP contribution in [0.4, 0.5) is 13.2 Å². The molecule has 0 aliphatic rings. The molecule has 1 heterocycles. The fourth-order valence-electron chi connectivity index (χ4n) is 1.96. The number of pyridine rings is 1. The van der Waals surface area contributed by atoms with Crippen molar-refractivity contribution in [1.29, 1.82) is 5.26 Å². The molecule has 0 aliphatic heterocycles. The highest BCUT2D eigenvalue weighted by Gasteiger charge is 2.33. The van der Waals surface area contributed by atoms with Crippen LogP contribution in [0.2, 0.25) is 0 Å². The van der Waals surface area contributed by atoms with Crippen LogP contribution in [0.1, 0.15) is 11.1 Å². The SMILES string of the molecule is N#CCc1cc(=O)[nH]cc1-c1ccccc1C(F)(F)F. The number of benzene rings is 1. The van der Waals surface area contributed by atoms with Crippen molar-refractivity contribution in [3.05, 3.63) is 58.0 Å². The average Bonchev–Trinajstić information content (AvgIpc) is 2.38. The van der Waals surface area contributed by atoms with Crippen LogP contribution < -0.4 is 5.56 Å². The molecule has 1 aromatic heterocycles. The van der Waals surface area contributed by atoms with Crippen LogP contribution in [0.5, 0.6) is 0 Å². The normalized spacial score (nSPS) is 11.1. The second-order valence-electron chi connectivity index (χ2n) is 4.11. The highest BCUT2D eigenvalue weighted by molar-refractivity contribution is 5.70. The van der Waals surface area contributed by atoms with Gasteiger partial charge in [-0.25, -0.2) is 0 Å². The Morgan fingerprint density at radius 1 is 1.20 bits per heavy atom. The third-order valence-corrected chi connectivity index (χ3v) is 2.80. The van der Waals surface area contributed by atoms with Gasteiger partial charge in [0.25, 0.3) is 0 Å². The molecule has 0 fully saturated rings. The van der Waals surface area contributed by atoms with Crippen molar-refractivity contribution in [3.8, 4) is 17.2 Å². The maximum Gasteiger partial charge on any atom is 0.417 e. The summed E-state index contributed by atoms with van der Waals surface area (Å²) in [5, 5.41) is 8.73. The number of aromatic amines is 1. The molecule has 0 aliphatic carbocycles. The molecule has 102 valence electrons. The van der Waals surface area contributed by atoms with Crippen molar-refractivity contribution >= 4 is 0 Å². The number of hydrogen-bond donors (Lipinski definition) is 1. The van der Waals surface area contributed by atoms with Crippen molar-refractivity contribution in [1.82, 2.24) is 4.98 Å². The summed E-state index contributed by atoms with van der Waals surface area (Å²) in [5.74, 6) is 0. The number of nitriles is 1. The van der Waals surface area contributed by atoms with Gasteiger partial charge in [0.2, 0.25) is 5.56 Å². The molecule has 0 saturated heterocycles. The summed E-state index contributed by atoms with van der Waals surface area (Å²) in [5.41, 5.74) is -0.830. The molecule has 0 radical (unpaired) electrons. The second kappa shape index (κ2) is 5.21. The van der Waals surface area contributed by atoms with Crippen molar-refractivity contribution in [3.63, 3.8) is 0 Å². The van der Waals surface area contributed by atoms with Crippen LogP contribution in [-0.2, 0) is 12.6 Å². The van der Waals surface area contributed by atoms with E-state index in [4.69, 9.17) is 5.26 Å². The molecule has 1 aromatic carbocycles. The maximum atomic E-state index is 13.0. The fraction of sp³-hybridized carbons (Fsp3) is 0.143. The summed E-state index contributed by atoms with van der Waals surface area (Å²) < 4.78 is 39.0. The van der Waals surface area contributed by atoms with Crippen molar-refractivity contribution in [2.45, 2.75) is 12.6 Å². The van der Waals surface area contributed by atoms with Crippen LogP contribution in [0, 0.1) is 11.3 Å². The molecule has 3 nitrogen and oxygen atoms in total. The highest BCUT2D eigenvalue weighted by Crippen LogP contribution is 2.37. The fourth-order valence-corrected chi connectivity index (χ4v) is 1.96. The Bertz CT molecular complexity index is 726. The molecular formula is C14H9F3N2O. The third-order valence-electron chi connectivity index (χ3n) is 2.80. The molecule has 0 unspecified atom stereocenters. The minimum atomic E-state index is -4.50. The summed E-state index contributed by atoms with van der Waals surface area (Å²) in [6.07, 6.45) is -3.43. The largest absolute Gasteiger partial charge is 0.417 e. The van der Waals surface area contributed by atoms with Gasteiger partial charge in [-0.1, -0.05) is 18.2 Å². The van der Waals surface area contributed by atoms with Crippen LogP contribution in [0.25, 0.3) is 11.1 Å². The average molecular weight is 278 g/mol. The van der Waals surface area contributed by atoms with Gasteiger partial charge in [-0.3, -0.25) is 4.79 Å². The predicted octanol–water partition coefficient (Wildman–Crippen LogP) is 3.13. The lowest BCUT2D eigenvalue weighted by Crippen LogP contribution is -2.10. The van der Waals surface area contributed by atoms with E-state index in [9.17, 15) is 18.0 Å². The van der Waals surface area contributed by atoms with E-state index in [0.29, 0.717) is 0 Å². The third kappa shape index (κ3) is 2.72. The van der Waals surface area contributed by atoms with Crippen molar-refractivity contribution in [2.24, 2.45) is 0 Å². The molecule has 0 saturated carbocycles. The first-order chi connectivity index (χ1) is 9.43. The van der Waals surface area contributed by atoms with E-state index in [-0.39, 0.29) is 23.1 Å². The van der Waals surface area contributed by atoms with Crippen molar-refractivity contribution in [2.75, 3.05) is 0 Å². The monoisotopic (exact) mass is 278 g/mol. The van der Waals surface area contributed by atoms with Gasteiger partial charge >= 0.3 is 6.18 Å². The van der Waals surface area contributed by atoms with Gasteiger partial charge in [-0.05, 0) is 17.2 Å². The molecule has 0 atom stereocenters. The molecule has 6 heteroatoms. The zero-order valence-electron chi connectivity index (χ0n) is 10.2. The Hall–Kier alpha value is -2.55. The van der Waals surface area contributed by atoms with E-state index in [1.165, 1.54) is 24.4 Å². The lowest BCUT2D eigenvalue weighted by Gasteiger charge is -2.14. The number of aromatic nitrogens is 1. The summed E-state index contributed by atoms with van der Waals surface area (Å²) in [4.78, 5) is 13.6. The number of halogens is 3. The number of H-pyrrole nitrogens is 1. The van der Waals surface area contributed by atoms with Gasteiger partial charge in [0.1, 0.15) is 0 Å². The van der Waals surface area contributed by atoms with Gasteiger partial charge in [0.15, 0.2) is 0 Å². The first kappa shape index (κ1) is 13.9. The van der Waals surface area contributed by atoms with Crippen LogP contribution in [0.15, 0.2) is 41.3 Å². The lowest BCUT2D eigenvalue weighted by atomic mass is 9.95. The van der Waals surface area contributed by atoms with Gasteiger partial charge in [-0.2, -0.15) is 18.4 Å². The van der Waals surface area contributed by atoms with E-state index >= 15 is 0 Å². The molecule has 0 amide bonds. The van der Waals surface area contributed by atoms with E-state index in [1.54, 1.807) is 0 Å². The lowest BCUT2D eigenvalue weighted by molar-refractivity contribution is -0.137. The summed E-state index contributed by atoms with van der Waals surface area (Å²) in [6, 6.07) is 8.05. The Labute approximate surface area is 112 Å². The molecule has 2 rings (SSSR count). The van der Waals surface area contributed by atoms with Gasteiger partial charge in [0.05, 0.1) is 18.1 Å². The highest BCUT2D eigenvalue weighted by atomic mass is 19.4. The number of rotatable bonds is 2. The molecular weight excluding hydrogens is 269 g/mol. The Morgan fingerprint density at radius 3 is 2.55 bits per heavy atom. The summed E-state index contributed by atoms with van der Waals surface area (Å²) >= 11 is 0. The van der Waals surface area contributed by atoms with Crippen LogP contribution >= 0.6 is 0 Å². The standard InChI is InChI=1S/C14H9F3N2O/c15-14(16,17)12-4-2-1-3-10(12)11-8-19-13(20)7-9(11)5-6-18/h1-4,7-8H,5H2,(H,19,20). The maximum absolute atomic E-state index is 13.0. The molecule has 0 spiro atoms. The van der Waals surface area contributed by atoms with Crippen LogP contribution in [-0.4, -0.2) is 4.98 Å². The minimum Gasteiger partial charge on any atom is -0.328 e. The number of nitrogens with zero attached hydrogens (tertiary/aromatic N) is 1. The topological polar surface area (TPSA) is 56.6 Å². The Morgan fingerprint density at radius 2 is 1.90 bits per heavy atom. The molecule has 20 heavy (non-hydrogen) atoms. The number of alkyl halides is 3. The summed E-state index contributed by atoms with van der Waals surface area (Å²) in [6.45, 7) is 0. The van der Waals surface area contributed by atoms with Crippen molar-refractivity contribution < 1.29 is 13.2 Å². The van der Waals surface area contributed by atoms with Gasteiger partial charge in [0, 0.05) is 17.8 Å². The molecule has 2 aromatic rings. The molecule has 1 N–H and O–H groups in total. The van der Waals surface area contributed by atoms with Gasteiger partial charge < -0.3 is 4.98 Å². The zero-order chi connectivity index (χ0) is 14.8. The first-order valence-corrected chi connectivity index (χ1v) is 5.68. The van der Waals surface area contributed by atoms with E-state index < -0.39 is 17.3 Å². The molecule has 0 bridgehead atoms. The van der Waals surface area contributed by atoms with Crippen LogP contribution in [0.3, 0.4) is 0 Å². The minimum absolute atomic E-state index is 0.0542. The Kier molecular flexibility index (Phi) is 3.61. The zero-order valence-corrected chi connectivity index (χ0v) is 10.2. The predicted molar refractivity (Wildman–Crippen MR) is 66.8 cm³/mol. The number of hydrogen-bond acceptors (Lipinski definition) is 2. The van der Waals surface area contributed by atoms with E-state index in [2.05, 4.69) is 4.98 Å². The van der Waals surface area contributed by atoms with E-state index in [1.807, 2.05) is 6.07 Å².